The van der Waals surface area contributed by atoms with Gasteiger partial charge in [-0.25, -0.2) is 4.98 Å². The van der Waals surface area contributed by atoms with Crippen molar-refractivity contribution in [2.75, 3.05) is 11.9 Å². The van der Waals surface area contributed by atoms with Gasteiger partial charge in [0.1, 0.15) is 11.5 Å². The number of hydrogen-bond acceptors (Lipinski definition) is 5. The van der Waals surface area contributed by atoms with Crippen LogP contribution in [0.25, 0.3) is 22.3 Å². The fourth-order valence-corrected chi connectivity index (χ4v) is 2.08. The number of nitriles is 1. The van der Waals surface area contributed by atoms with Crippen LogP contribution in [0, 0.1) is 11.3 Å². The second-order valence-corrected chi connectivity index (χ2v) is 4.23. The third-order valence-electron chi connectivity index (χ3n) is 2.95. The topological polar surface area (TPSA) is 90.3 Å². The number of aromatic nitrogens is 4. The van der Waals surface area contributed by atoms with Crippen LogP contribution in [0.3, 0.4) is 0 Å². The van der Waals surface area contributed by atoms with Crippen LogP contribution in [0.15, 0.2) is 30.6 Å². The molecule has 3 rings (SSSR count). The molecule has 20 heavy (non-hydrogen) atoms. The van der Waals surface area contributed by atoms with Gasteiger partial charge in [0.2, 0.25) is 0 Å². The minimum Gasteiger partial charge on any atom is -0.370 e. The second-order valence-electron chi connectivity index (χ2n) is 4.23. The molecule has 3 heterocycles. The molecule has 3 aromatic rings. The first-order valence-electron chi connectivity index (χ1n) is 6.27. The summed E-state index contributed by atoms with van der Waals surface area (Å²) in [6.45, 7) is 2.78. The summed E-state index contributed by atoms with van der Waals surface area (Å²) >= 11 is 0. The van der Waals surface area contributed by atoms with E-state index in [0.29, 0.717) is 17.0 Å². The van der Waals surface area contributed by atoms with Crippen LogP contribution in [-0.4, -0.2) is 26.7 Å². The summed E-state index contributed by atoms with van der Waals surface area (Å²) < 4.78 is 0. The number of aromatic amines is 1. The number of hydrogen-bond donors (Lipinski definition) is 2. The lowest BCUT2D eigenvalue weighted by molar-refractivity contribution is 1.11. The van der Waals surface area contributed by atoms with Crippen molar-refractivity contribution in [2.45, 2.75) is 6.92 Å². The quantitative estimate of drug-likeness (QED) is 0.757. The summed E-state index contributed by atoms with van der Waals surface area (Å²) in [6.07, 6.45) is 3.33. The third kappa shape index (κ3) is 1.95. The molecule has 0 radical (unpaired) electrons. The van der Waals surface area contributed by atoms with E-state index in [1.165, 1.54) is 0 Å². The van der Waals surface area contributed by atoms with Gasteiger partial charge >= 0.3 is 0 Å². The van der Waals surface area contributed by atoms with Crippen molar-refractivity contribution in [1.82, 2.24) is 20.2 Å². The zero-order valence-corrected chi connectivity index (χ0v) is 10.9. The molecule has 0 amide bonds. The lowest BCUT2D eigenvalue weighted by Crippen LogP contribution is -1.99. The van der Waals surface area contributed by atoms with Crippen molar-refractivity contribution in [3.63, 3.8) is 0 Å². The van der Waals surface area contributed by atoms with Gasteiger partial charge in [-0.15, -0.1) is 0 Å². The van der Waals surface area contributed by atoms with Gasteiger partial charge in [-0.2, -0.15) is 10.4 Å². The molecule has 6 nitrogen and oxygen atoms in total. The van der Waals surface area contributed by atoms with E-state index in [-0.39, 0.29) is 0 Å². The van der Waals surface area contributed by atoms with Crippen LogP contribution in [0.5, 0.6) is 0 Å². The molecule has 3 aromatic heterocycles. The summed E-state index contributed by atoms with van der Waals surface area (Å²) in [5.74, 6) is 0.762. The van der Waals surface area contributed by atoms with Crippen molar-refractivity contribution in [1.29, 1.82) is 5.26 Å². The van der Waals surface area contributed by atoms with E-state index in [9.17, 15) is 0 Å². The second kappa shape index (κ2) is 4.97. The van der Waals surface area contributed by atoms with Gasteiger partial charge in [0.15, 0.2) is 0 Å². The summed E-state index contributed by atoms with van der Waals surface area (Å²) in [5.41, 5.74) is 2.79. The maximum Gasteiger partial charge on any atom is 0.137 e. The molecule has 98 valence electrons. The van der Waals surface area contributed by atoms with Crippen molar-refractivity contribution in [2.24, 2.45) is 0 Å². The predicted octanol–water partition coefficient (Wildman–Crippen LogP) is 2.32. The van der Waals surface area contributed by atoms with Crippen LogP contribution in [0.2, 0.25) is 0 Å². The molecule has 0 saturated heterocycles. The minimum absolute atomic E-state index is 0.556. The van der Waals surface area contributed by atoms with E-state index in [2.05, 4.69) is 31.6 Å². The SMILES string of the molecule is CCNc1nccc2[nH]nc(-c3cc(C#N)ccn3)c12. The van der Waals surface area contributed by atoms with Gasteiger partial charge in [0.25, 0.3) is 0 Å². The van der Waals surface area contributed by atoms with Crippen LogP contribution < -0.4 is 5.32 Å². The Kier molecular flexibility index (Phi) is 3.01. The third-order valence-corrected chi connectivity index (χ3v) is 2.95. The van der Waals surface area contributed by atoms with Crippen molar-refractivity contribution < 1.29 is 0 Å². The van der Waals surface area contributed by atoms with E-state index in [1.54, 1.807) is 24.5 Å². The number of nitrogens with one attached hydrogen (secondary N) is 2. The van der Waals surface area contributed by atoms with Crippen LogP contribution >= 0.6 is 0 Å². The summed E-state index contributed by atoms with van der Waals surface area (Å²) in [6, 6.07) is 7.36. The monoisotopic (exact) mass is 264 g/mol. The maximum absolute atomic E-state index is 8.98. The lowest BCUT2D eigenvalue weighted by Gasteiger charge is -2.04. The Bertz CT molecular complexity index is 799. The van der Waals surface area contributed by atoms with Gasteiger partial charge in [-0.05, 0) is 25.1 Å². The minimum atomic E-state index is 0.556. The summed E-state index contributed by atoms with van der Waals surface area (Å²) in [7, 11) is 0. The first-order valence-corrected chi connectivity index (χ1v) is 6.27. The molecule has 0 spiro atoms. The standard InChI is InChI=1S/C14H12N6/c1-2-16-14-12-10(4-6-18-14)19-20-13(12)11-7-9(8-15)3-5-17-11/h3-7H,2H2,1H3,(H,16,18)(H,19,20). The fourth-order valence-electron chi connectivity index (χ4n) is 2.08. The molecular weight excluding hydrogens is 252 g/mol. The number of nitrogens with zero attached hydrogens (tertiary/aromatic N) is 4. The number of fused-ring (bicyclic) bond motifs is 1. The Hall–Kier alpha value is -2.94. The van der Waals surface area contributed by atoms with Gasteiger partial charge in [0.05, 0.1) is 28.2 Å². The molecule has 0 atom stereocenters. The fraction of sp³-hybridized carbons (Fsp3) is 0.143. The van der Waals surface area contributed by atoms with Crippen LogP contribution in [-0.2, 0) is 0 Å². The number of rotatable bonds is 3. The van der Waals surface area contributed by atoms with Crippen molar-refractivity contribution in [3.05, 3.63) is 36.2 Å². The first kappa shape index (κ1) is 12.1. The zero-order chi connectivity index (χ0) is 13.9. The van der Waals surface area contributed by atoms with E-state index in [1.807, 2.05) is 13.0 Å². The molecule has 0 aromatic carbocycles. The highest BCUT2D eigenvalue weighted by atomic mass is 15.1. The average molecular weight is 264 g/mol. The van der Waals surface area contributed by atoms with E-state index >= 15 is 0 Å². The van der Waals surface area contributed by atoms with Crippen molar-refractivity contribution >= 4 is 16.7 Å². The highest BCUT2D eigenvalue weighted by Crippen LogP contribution is 2.29. The normalized spacial score (nSPS) is 10.4. The highest BCUT2D eigenvalue weighted by Gasteiger charge is 2.14. The molecule has 0 bridgehead atoms. The smallest absolute Gasteiger partial charge is 0.137 e. The largest absolute Gasteiger partial charge is 0.370 e. The van der Waals surface area contributed by atoms with Gasteiger partial charge in [-0.3, -0.25) is 10.1 Å². The van der Waals surface area contributed by atoms with E-state index in [0.717, 1.165) is 23.3 Å². The molecule has 0 saturated carbocycles. The van der Waals surface area contributed by atoms with Crippen molar-refractivity contribution in [3.8, 4) is 17.5 Å². The predicted molar refractivity (Wildman–Crippen MR) is 76.0 cm³/mol. The summed E-state index contributed by atoms with van der Waals surface area (Å²) in [5, 5.41) is 20.4. The Morgan fingerprint density at radius 1 is 1.30 bits per heavy atom. The Labute approximate surface area is 115 Å². The zero-order valence-electron chi connectivity index (χ0n) is 10.9. The Balaban J connectivity index is 2.23. The molecule has 0 aliphatic rings. The Morgan fingerprint density at radius 2 is 2.15 bits per heavy atom. The molecule has 6 heteroatoms. The van der Waals surface area contributed by atoms with Gasteiger partial charge in [-0.1, -0.05) is 0 Å². The molecule has 2 N–H and O–H groups in total. The average Bonchev–Trinajstić information content (AvgIpc) is 2.93. The van der Waals surface area contributed by atoms with E-state index < -0.39 is 0 Å². The van der Waals surface area contributed by atoms with Crippen LogP contribution in [0.1, 0.15) is 12.5 Å². The van der Waals surface area contributed by atoms with E-state index in [4.69, 9.17) is 5.26 Å². The number of anilines is 1. The Morgan fingerprint density at radius 3 is 2.95 bits per heavy atom. The number of pyridine rings is 2. The first-order chi connectivity index (χ1) is 9.83. The van der Waals surface area contributed by atoms with Crippen LogP contribution in [0.4, 0.5) is 5.82 Å². The van der Waals surface area contributed by atoms with Gasteiger partial charge < -0.3 is 5.32 Å². The molecule has 0 unspecified atom stereocenters. The van der Waals surface area contributed by atoms with Gasteiger partial charge in [0, 0.05) is 18.9 Å². The maximum atomic E-state index is 8.98. The molecular formula is C14H12N6. The molecule has 0 fully saturated rings. The summed E-state index contributed by atoms with van der Waals surface area (Å²) in [4.78, 5) is 8.63. The molecule has 0 aliphatic heterocycles. The molecule has 0 aliphatic carbocycles. The number of H-pyrrole nitrogens is 1. The lowest BCUT2D eigenvalue weighted by atomic mass is 10.1. The highest BCUT2D eigenvalue weighted by molar-refractivity contribution is 5.99.